The van der Waals surface area contributed by atoms with Gasteiger partial charge in [-0.1, -0.05) is 6.42 Å². The smallest absolute Gasteiger partial charge is 0.317 e. The predicted molar refractivity (Wildman–Crippen MR) is 65.5 cm³/mol. The molecule has 112 valence electrons. The maximum atomic E-state index is 12.7. The zero-order chi connectivity index (χ0) is 14.5. The number of aliphatic carboxylic acids is 1. The van der Waals surface area contributed by atoms with E-state index in [1.165, 1.54) is 4.90 Å². The Morgan fingerprint density at radius 2 is 2.00 bits per heavy atom. The molecule has 2 aliphatic carbocycles. The first-order chi connectivity index (χ1) is 9.32. The van der Waals surface area contributed by atoms with Gasteiger partial charge in [-0.2, -0.15) is 0 Å². The molecule has 0 bridgehead atoms. The van der Waals surface area contributed by atoms with Crippen LogP contribution >= 0.6 is 0 Å². The minimum Gasteiger partial charge on any atom is -0.481 e. The van der Waals surface area contributed by atoms with Crippen LogP contribution in [0.5, 0.6) is 0 Å². The van der Waals surface area contributed by atoms with Crippen LogP contribution in [0.25, 0.3) is 0 Å². The molecule has 2 amide bonds. The van der Waals surface area contributed by atoms with Crippen molar-refractivity contribution in [3.05, 3.63) is 0 Å². The molecule has 5 nitrogen and oxygen atoms in total. The molecule has 3 rings (SSSR count). The third-order valence-corrected chi connectivity index (χ3v) is 5.00. The number of amides is 2. The van der Waals surface area contributed by atoms with Gasteiger partial charge in [0.25, 0.3) is 5.92 Å². The van der Waals surface area contributed by atoms with Crippen LogP contribution in [0.4, 0.5) is 13.6 Å². The molecule has 7 heteroatoms. The summed E-state index contributed by atoms with van der Waals surface area (Å²) in [6.07, 6.45) is 1.65. The highest BCUT2D eigenvalue weighted by Crippen LogP contribution is 2.49. The molecule has 1 heterocycles. The summed E-state index contributed by atoms with van der Waals surface area (Å²) in [6.45, 7) is 0.614. The zero-order valence-corrected chi connectivity index (χ0v) is 11.1. The first kappa shape index (κ1) is 13.6. The third-order valence-electron chi connectivity index (χ3n) is 5.00. The molecule has 2 saturated carbocycles. The van der Waals surface area contributed by atoms with Crippen LogP contribution in [0.1, 0.15) is 32.1 Å². The summed E-state index contributed by atoms with van der Waals surface area (Å²) in [5.74, 6) is -3.51. The molecule has 0 aromatic heterocycles. The lowest BCUT2D eigenvalue weighted by molar-refractivity contribution is -0.149. The van der Waals surface area contributed by atoms with E-state index >= 15 is 0 Å². The zero-order valence-electron chi connectivity index (χ0n) is 11.1. The Bertz CT molecular complexity index is 449. The lowest BCUT2D eigenvalue weighted by Gasteiger charge is -2.36. The van der Waals surface area contributed by atoms with Crippen molar-refractivity contribution in [1.29, 1.82) is 0 Å². The van der Waals surface area contributed by atoms with Gasteiger partial charge in [-0.3, -0.25) is 4.79 Å². The Labute approximate surface area is 115 Å². The first-order valence-corrected chi connectivity index (χ1v) is 6.99. The topological polar surface area (TPSA) is 69.6 Å². The van der Waals surface area contributed by atoms with E-state index in [9.17, 15) is 23.5 Å². The second kappa shape index (κ2) is 4.30. The lowest BCUT2D eigenvalue weighted by atomic mass is 9.81. The van der Waals surface area contributed by atoms with E-state index in [2.05, 4.69) is 5.32 Å². The van der Waals surface area contributed by atoms with Crippen molar-refractivity contribution < 1.29 is 23.5 Å². The molecule has 3 fully saturated rings. The number of carbonyl (C=O) groups excluding carboxylic acids is 1. The minimum atomic E-state index is -2.66. The van der Waals surface area contributed by atoms with Crippen LogP contribution in [0.3, 0.4) is 0 Å². The summed E-state index contributed by atoms with van der Waals surface area (Å²) in [5.41, 5.74) is -0.819. The van der Waals surface area contributed by atoms with E-state index in [0.29, 0.717) is 13.0 Å². The Kier molecular flexibility index (Phi) is 2.92. The Hall–Kier alpha value is -1.40. The summed E-state index contributed by atoms with van der Waals surface area (Å²) in [6, 6.07) is -0.890. The molecule has 1 aliphatic heterocycles. The number of carboxylic acids is 1. The van der Waals surface area contributed by atoms with Gasteiger partial charge in [0.2, 0.25) is 0 Å². The Morgan fingerprint density at radius 3 is 2.55 bits per heavy atom. The van der Waals surface area contributed by atoms with Gasteiger partial charge in [-0.05, 0) is 18.8 Å². The monoisotopic (exact) mass is 288 g/mol. The maximum Gasteiger partial charge on any atom is 0.317 e. The van der Waals surface area contributed by atoms with Gasteiger partial charge < -0.3 is 15.3 Å². The first-order valence-electron chi connectivity index (χ1n) is 6.99. The van der Waals surface area contributed by atoms with E-state index in [1.54, 1.807) is 0 Å². The normalized spacial score (nSPS) is 35.5. The quantitative estimate of drug-likeness (QED) is 0.812. The molecule has 0 unspecified atom stereocenters. The number of rotatable bonds is 2. The standard InChI is InChI=1S/C13H18F2N2O3/c14-13(15)4-9(5-13)16-11(20)17-6-8-2-1-3-12(8,7-17)10(18)19/h8-9H,1-7H2,(H,16,20)(H,18,19)/t8-,12+/m0/s1. The molecule has 3 aliphatic rings. The Balaban J connectivity index is 1.60. The Morgan fingerprint density at radius 1 is 1.30 bits per heavy atom. The van der Waals surface area contributed by atoms with Crippen LogP contribution in [0, 0.1) is 11.3 Å². The molecule has 20 heavy (non-hydrogen) atoms. The van der Waals surface area contributed by atoms with E-state index in [0.717, 1.165) is 12.8 Å². The number of nitrogens with one attached hydrogen (secondary N) is 1. The highest BCUT2D eigenvalue weighted by Gasteiger charge is 2.56. The van der Waals surface area contributed by atoms with Gasteiger partial charge in [0, 0.05) is 32.0 Å². The van der Waals surface area contributed by atoms with Crippen LogP contribution < -0.4 is 5.32 Å². The van der Waals surface area contributed by atoms with Crippen molar-refractivity contribution >= 4 is 12.0 Å². The number of halogens is 2. The van der Waals surface area contributed by atoms with Gasteiger partial charge in [-0.25, -0.2) is 13.6 Å². The fourth-order valence-electron chi connectivity index (χ4n) is 3.82. The lowest BCUT2D eigenvalue weighted by Crippen LogP contribution is -2.54. The van der Waals surface area contributed by atoms with E-state index in [1.807, 2.05) is 0 Å². The number of fused-ring (bicyclic) bond motifs is 1. The summed E-state index contributed by atoms with van der Waals surface area (Å²) < 4.78 is 25.5. The fraction of sp³-hybridized carbons (Fsp3) is 0.846. The molecule has 0 aromatic carbocycles. The van der Waals surface area contributed by atoms with Gasteiger partial charge in [-0.15, -0.1) is 0 Å². The maximum absolute atomic E-state index is 12.7. The number of carboxylic acid groups (broad SMARTS) is 1. The van der Waals surface area contributed by atoms with Crippen LogP contribution in [-0.4, -0.2) is 47.1 Å². The minimum absolute atomic E-state index is 0.00594. The molecule has 0 radical (unpaired) electrons. The van der Waals surface area contributed by atoms with Crippen molar-refractivity contribution in [1.82, 2.24) is 10.2 Å². The van der Waals surface area contributed by atoms with E-state index in [-0.39, 0.29) is 25.3 Å². The fourth-order valence-corrected chi connectivity index (χ4v) is 3.82. The number of hydrogen-bond donors (Lipinski definition) is 2. The molecule has 2 atom stereocenters. The van der Waals surface area contributed by atoms with Crippen molar-refractivity contribution in [2.24, 2.45) is 11.3 Å². The number of nitrogens with zero attached hydrogens (tertiary/aromatic N) is 1. The van der Waals surface area contributed by atoms with E-state index < -0.39 is 29.4 Å². The molecule has 1 saturated heterocycles. The molecular formula is C13H18F2N2O3. The summed E-state index contributed by atoms with van der Waals surface area (Å²) >= 11 is 0. The number of urea groups is 1. The van der Waals surface area contributed by atoms with Crippen molar-refractivity contribution in [3.8, 4) is 0 Å². The second-order valence-electron chi connectivity index (χ2n) is 6.34. The van der Waals surface area contributed by atoms with Crippen LogP contribution in [0.15, 0.2) is 0 Å². The van der Waals surface area contributed by atoms with Crippen LogP contribution in [0.2, 0.25) is 0 Å². The number of hydrogen-bond acceptors (Lipinski definition) is 2. The highest BCUT2D eigenvalue weighted by atomic mass is 19.3. The number of likely N-dealkylation sites (tertiary alicyclic amines) is 1. The largest absolute Gasteiger partial charge is 0.481 e. The predicted octanol–water partition coefficient (Wildman–Crippen LogP) is 1.68. The van der Waals surface area contributed by atoms with Crippen molar-refractivity contribution in [3.63, 3.8) is 0 Å². The second-order valence-corrected chi connectivity index (χ2v) is 6.34. The van der Waals surface area contributed by atoms with Gasteiger partial charge >= 0.3 is 12.0 Å². The third kappa shape index (κ3) is 2.03. The van der Waals surface area contributed by atoms with E-state index in [4.69, 9.17) is 0 Å². The molecule has 0 aromatic rings. The highest BCUT2D eigenvalue weighted by molar-refractivity contribution is 5.80. The summed E-state index contributed by atoms with van der Waals surface area (Å²) in [5, 5.41) is 12.0. The molecule has 0 spiro atoms. The average molecular weight is 288 g/mol. The molecular weight excluding hydrogens is 270 g/mol. The van der Waals surface area contributed by atoms with Crippen LogP contribution in [-0.2, 0) is 4.79 Å². The van der Waals surface area contributed by atoms with Gasteiger partial charge in [0.05, 0.1) is 5.41 Å². The number of carbonyl (C=O) groups is 2. The van der Waals surface area contributed by atoms with Crippen molar-refractivity contribution in [2.75, 3.05) is 13.1 Å². The van der Waals surface area contributed by atoms with Gasteiger partial charge in [0.15, 0.2) is 0 Å². The molecule has 2 N–H and O–H groups in total. The average Bonchev–Trinajstić information content (AvgIpc) is 2.82. The summed E-state index contributed by atoms with van der Waals surface area (Å²) in [7, 11) is 0. The summed E-state index contributed by atoms with van der Waals surface area (Å²) in [4.78, 5) is 25.0. The van der Waals surface area contributed by atoms with Gasteiger partial charge in [0.1, 0.15) is 0 Å². The van der Waals surface area contributed by atoms with Crippen molar-refractivity contribution in [2.45, 2.75) is 44.1 Å². The SMILES string of the molecule is O=C(NC1CC(F)(F)C1)N1C[C@@H]2CCC[C@@]2(C(=O)O)C1. The number of alkyl halides is 2.